The van der Waals surface area contributed by atoms with Crippen molar-refractivity contribution in [3.63, 3.8) is 0 Å². The molecule has 0 saturated carbocycles. The zero-order chi connectivity index (χ0) is 15.7. The molecule has 0 unspecified atom stereocenters. The average Bonchev–Trinajstić information content (AvgIpc) is 2.39. The Morgan fingerprint density at radius 1 is 0.714 bits per heavy atom. The molecule has 0 aliphatic carbocycles. The molecule has 0 heterocycles. The Morgan fingerprint density at radius 3 is 1.52 bits per heavy atom. The first-order valence-corrected chi connectivity index (χ1v) is 8.92. The lowest BCUT2D eigenvalue weighted by molar-refractivity contribution is 0.536. The van der Waals surface area contributed by atoms with Gasteiger partial charge in [0.2, 0.25) is 0 Å². The fraction of sp³-hybridized carbons (Fsp3) is 0.667. The number of aryl methyl sites for hydroxylation is 2. The summed E-state index contributed by atoms with van der Waals surface area (Å²) in [6.07, 6.45) is 10.5. The number of unbranched alkanes of at least 4 members (excludes halogenated alkanes) is 2. The highest BCUT2D eigenvalue weighted by Crippen LogP contribution is 2.17. The van der Waals surface area contributed by atoms with Crippen molar-refractivity contribution in [1.29, 1.82) is 0 Å². The topological polar surface area (TPSA) is 0 Å². The first-order valence-electron chi connectivity index (χ1n) is 8.92. The normalized spacial score (nSPS) is 11.6. The highest BCUT2D eigenvalue weighted by molar-refractivity contribution is 5.32. The molecule has 1 aromatic rings. The van der Waals surface area contributed by atoms with Gasteiger partial charge in [-0.05, 0) is 61.1 Å². The average molecular weight is 288 g/mol. The summed E-state index contributed by atoms with van der Waals surface area (Å²) in [5.74, 6) is 1.67. The Bertz CT molecular complexity index is 353. The van der Waals surface area contributed by atoms with E-state index >= 15 is 0 Å². The molecule has 119 valence electrons. The van der Waals surface area contributed by atoms with Crippen molar-refractivity contribution in [3.05, 3.63) is 41.8 Å². The third-order valence-corrected chi connectivity index (χ3v) is 4.11. The molecular formula is C21H35. The number of hydrogen-bond donors (Lipinski definition) is 0. The number of hydrogen-bond acceptors (Lipinski definition) is 0. The van der Waals surface area contributed by atoms with Gasteiger partial charge in [0.15, 0.2) is 0 Å². The van der Waals surface area contributed by atoms with Gasteiger partial charge in [0, 0.05) is 0 Å². The van der Waals surface area contributed by atoms with E-state index < -0.39 is 0 Å². The van der Waals surface area contributed by atoms with Crippen LogP contribution in [0.1, 0.15) is 82.9 Å². The first-order chi connectivity index (χ1) is 9.97. The van der Waals surface area contributed by atoms with Crippen LogP contribution in [-0.4, -0.2) is 0 Å². The molecule has 0 aromatic heterocycles. The van der Waals surface area contributed by atoms with E-state index in [0.717, 1.165) is 11.8 Å². The smallest absolute Gasteiger partial charge is 0.0238 e. The number of benzene rings is 1. The van der Waals surface area contributed by atoms with Crippen molar-refractivity contribution in [2.45, 2.75) is 79.1 Å². The zero-order valence-electron chi connectivity index (χ0n) is 14.8. The predicted molar refractivity (Wildman–Crippen MR) is 95.7 cm³/mol. The van der Waals surface area contributed by atoms with Crippen LogP contribution in [0.4, 0.5) is 0 Å². The molecule has 0 amide bonds. The van der Waals surface area contributed by atoms with Gasteiger partial charge in [-0.15, -0.1) is 0 Å². The minimum atomic E-state index is 0.834. The standard InChI is InChI=1S/C21H35/c1-17(2)10-6-8-12-20-14-19(5)15-21(16-20)13-9-7-11-18(3)4/h14-18H,5-13H2,1-4H3. The predicted octanol–water partition coefficient (Wildman–Crippen LogP) is 6.61. The van der Waals surface area contributed by atoms with Crippen molar-refractivity contribution in [3.8, 4) is 0 Å². The van der Waals surface area contributed by atoms with Crippen LogP contribution in [0.2, 0.25) is 0 Å². The lowest BCUT2D eigenvalue weighted by Gasteiger charge is -2.09. The van der Waals surface area contributed by atoms with E-state index in [-0.39, 0.29) is 0 Å². The Labute approximate surface area is 133 Å². The van der Waals surface area contributed by atoms with Gasteiger partial charge < -0.3 is 0 Å². The quantitative estimate of drug-likeness (QED) is 0.425. The van der Waals surface area contributed by atoms with Crippen LogP contribution in [0, 0.1) is 18.8 Å². The molecule has 0 saturated heterocycles. The molecule has 0 aliphatic rings. The monoisotopic (exact) mass is 287 g/mol. The summed E-state index contributed by atoms with van der Waals surface area (Å²) in [4.78, 5) is 0. The summed E-state index contributed by atoms with van der Waals surface area (Å²) in [6, 6.07) is 6.96. The van der Waals surface area contributed by atoms with Crippen LogP contribution < -0.4 is 0 Å². The van der Waals surface area contributed by atoms with Gasteiger partial charge in [-0.2, -0.15) is 0 Å². The third kappa shape index (κ3) is 8.96. The summed E-state index contributed by atoms with van der Waals surface area (Å²) < 4.78 is 0. The Kier molecular flexibility index (Phi) is 8.73. The van der Waals surface area contributed by atoms with Crippen LogP contribution in [0.5, 0.6) is 0 Å². The van der Waals surface area contributed by atoms with Crippen LogP contribution >= 0.6 is 0 Å². The van der Waals surface area contributed by atoms with Gasteiger partial charge in [0.1, 0.15) is 0 Å². The second-order valence-corrected chi connectivity index (χ2v) is 7.44. The Morgan fingerprint density at radius 2 is 1.14 bits per heavy atom. The van der Waals surface area contributed by atoms with Crippen molar-refractivity contribution in [2.24, 2.45) is 11.8 Å². The molecule has 1 aromatic carbocycles. The molecule has 1 radical (unpaired) electrons. The van der Waals surface area contributed by atoms with Crippen LogP contribution in [-0.2, 0) is 12.8 Å². The van der Waals surface area contributed by atoms with Crippen LogP contribution in [0.15, 0.2) is 18.2 Å². The van der Waals surface area contributed by atoms with Gasteiger partial charge in [-0.25, -0.2) is 0 Å². The SMILES string of the molecule is [CH2]c1cc(CCCCC(C)C)cc(CCCCC(C)C)c1. The molecule has 0 spiro atoms. The van der Waals surface area contributed by atoms with E-state index in [4.69, 9.17) is 0 Å². The molecule has 21 heavy (non-hydrogen) atoms. The summed E-state index contributed by atoms with van der Waals surface area (Å²) in [6.45, 7) is 13.4. The molecule has 0 nitrogen and oxygen atoms in total. The van der Waals surface area contributed by atoms with Crippen molar-refractivity contribution in [2.75, 3.05) is 0 Å². The van der Waals surface area contributed by atoms with Gasteiger partial charge in [0.05, 0.1) is 0 Å². The summed E-state index contributed by atoms with van der Waals surface area (Å²) >= 11 is 0. The zero-order valence-corrected chi connectivity index (χ0v) is 14.8. The van der Waals surface area contributed by atoms with Gasteiger partial charge >= 0.3 is 0 Å². The fourth-order valence-corrected chi connectivity index (χ4v) is 2.89. The van der Waals surface area contributed by atoms with E-state index in [0.29, 0.717) is 0 Å². The molecule has 0 atom stereocenters. The highest BCUT2D eigenvalue weighted by atomic mass is 14.1. The minimum absolute atomic E-state index is 0.834. The second-order valence-electron chi connectivity index (χ2n) is 7.44. The van der Waals surface area contributed by atoms with Crippen molar-refractivity contribution in [1.82, 2.24) is 0 Å². The van der Waals surface area contributed by atoms with E-state index in [1.807, 2.05) is 0 Å². The van der Waals surface area contributed by atoms with Crippen molar-refractivity contribution < 1.29 is 0 Å². The Hall–Kier alpha value is -0.780. The minimum Gasteiger partial charge on any atom is -0.0628 e. The largest absolute Gasteiger partial charge is 0.0628 e. The maximum absolute atomic E-state index is 4.15. The lowest BCUT2D eigenvalue weighted by Crippen LogP contribution is -1.95. The fourth-order valence-electron chi connectivity index (χ4n) is 2.89. The Balaban J connectivity index is 2.39. The van der Waals surface area contributed by atoms with Crippen molar-refractivity contribution >= 4 is 0 Å². The van der Waals surface area contributed by atoms with Gasteiger partial charge in [-0.1, -0.05) is 71.6 Å². The lowest BCUT2D eigenvalue weighted by atomic mass is 9.97. The highest BCUT2D eigenvalue weighted by Gasteiger charge is 2.02. The molecule has 0 aliphatic heterocycles. The molecule has 0 bridgehead atoms. The van der Waals surface area contributed by atoms with Crippen LogP contribution in [0.3, 0.4) is 0 Å². The number of rotatable bonds is 10. The molecule has 0 fully saturated rings. The molecule has 1 rings (SSSR count). The molecule has 0 heteroatoms. The maximum Gasteiger partial charge on any atom is -0.0238 e. The molecular weight excluding hydrogens is 252 g/mol. The van der Waals surface area contributed by atoms with Crippen LogP contribution in [0.25, 0.3) is 0 Å². The summed E-state index contributed by atoms with van der Waals surface area (Å²) in [7, 11) is 0. The van der Waals surface area contributed by atoms with Gasteiger partial charge in [0.25, 0.3) is 0 Å². The third-order valence-electron chi connectivity index (χ3n) is 4.11. The maximum atomic E-state index is 4.15. The summed E-state index contributed by atoms with van der Waals surface area (Å²) in [5.41, 5.74) is 4.17. The van der Waals surface area contributed by atoms with Gasteiger partial charge in [-0.3, -0.25) is 0 Å². The van der Waals surface area contributed by atoms with E-state index in [1.165, 1.54) is 68.1 Å². The molecule has 0 N–H and O–H groups in total. The van der Waals surface area contributed by atoms with E-state index in [2.05, 4.69) is 52.8 Å². The first kappa shape index (κ1) is 18.3. The van der Waals surface area contributed by atoms with E-state index in [9.17, 15) is 0 Å². The van der Waals surface area contributed by atoms with E-state index in [1.54, 1.807) is 0 Å². The second kappa shape index (κ2) is 10.0. The summed E-state index contributed by atoms with van der Waals surface area (Å²) in [5, 5.41) is 0.